The van der Waals surface area contributed by atoms with Crippen molar-refractivity contribution in [1.82, 2.24) is 10.6 Å². The number of nitrogens with one attached hydrogen (secondary N) is 2. The van der Waals surface area contributed by atoms with E-state index in [1.165, 1.54) is 24.3 Å². The number of hydrogen-bond donors (Lipinski definition) is 4. The van der Waals surface area contributed by atoms with Crippen molar-refractivity contribution in [2.24, 2.45) is 0 Å². The van der Waals surface area contributed by atoms with Gasteiger partial charge in [-0.3, -0.25) is 4.79 Å². The van der Waals surface area contributed by atoms with Crippen LogP contribution in [0.5, 0.6) is 0 Å². The molecule has 116 valence electrons. The average Bonchev–Trinajstić information content (AvgIpc) is 2.46. The Labute approximate surface area is 123 Å². The normalized spacial score (nSPS) is 23.6. The van der Waals surface area contributed by atoms with Crippen molar-refractivity contribution in [3.63, 3.8) is 0 Å². The highest BCUT2D eigenvalue weighted by atomic mass is 19.1. The second-order valence-corrected chi connectivity index (χ2v) is 5.55. The molecular weight excluding hydrogens is 275 g/mol. The molecule has 2 rings (SSSR count). The first kappa shape index (κ1) is 15.9. The van der Waals surface area contributed by atoms with E-state index < -0.39 is 11.7 Å². The van der Waals surface area contributed by atoms with Gasteiger partial charge in [0, 0.05) is 13.1 Å². The van der Waals surface area contributed by atoms with E-state index in [1.807, 2.05) is 0 Å². The zero-order valence-corrected chi connectivity index (χ0v) is 11.8. The topological polar surface area (TPSA) is 81.6 Å². The number of rotatable bonds is 5. The van der Waals surface area contributed by atoms with Crippen molar-refractivity contribution >= 4 is 5.91 Å². The van der Waals surface area contributed by atoms with Gasteiger partial charge in [-0.2, -0.15) is 0 Å². The van der Waals surface area contributed by atoms with Crippen LogP contribution in [0.15, 0.2) is 24.3 Å². The van der Waals surface area contributed by atoms with E-state index in [4.69, 9.17) is 0 Å². The highest BCUT2D eigenvalue weighted by Crippen LogP contribution is 2.20. The number of carbonyl (C=O) groups is 1. The van der Waals surface area contributed by atoms with Crippen molar-refractivity contribution in [3.8, 4) is 0 Å². The molecule has 2 unspecified atom stereocenters. The molecule has 1 aromatic carbocycles. The lowest BCUT2D eigenvalue weighted by molar-refractivity contribution is -0.127. The molecule has 21 heavy (non-hydrogen) atoms. The van der Waals surface area contributed by atoms with Crippen LogP contribution in [0, 0.1) is 5.82 Å². The molecule has 1 heterocycles. The van der Waals surface area contributed by atoms with Crippen LogP contribution in [0.2, 0.25) is 0 Å². The quantitative estimate of drug-likeness (QED) is 0.637. The van der Waals surface area contributed by atoms with Crippen molar-refractivity contribution < 1.29 is 19.4 Å². The first-order chi connectivity index (χ1) is 9.98. The third-order valence-electron chi connectivity index (χ3n) is 3.69. The van der Waals surface area contributed by atoms with Crippen LogP contribution >= 0.6 is 0 Å². The van der Waals surface area contributed by atoms with Crippen LogP contribution in [0.3, 0.4) is 0 Å². The SMILES string of the molecule is O=C(CC1(O)CCCNC1)NCC(O)c1ccc(F)cc1. The van der Waals surface area contributed by atoms with Crippen LogP contribution in [0.25, 0.3) is 0 Å². The van der Waals surface area contributed by atoms with Gasteiger partial charge in [-0.25, -0.2) is 4.39 Å². The molecule has 0 spiro atoms. The summed E-state index contributed by atoms with van der Waals surface area (Å²) in [6.07, 6.45) is 0.542. The van der Waals surface area contributed by atoms with E-state index >= 15 is 0 Å². The highest BCUT2D eigenvalue weighted by molar-refractivity contribution is 5.77. The minimum atomic E-state index is -1.01. The largest absolute Gasteiger partial charge is 0.388 e. The average molecular weight is 296 g/mol. The number of amides is 1. The van der Waals surface area contributed by atoms with E-state index in [-0.39, 0.29) is 24.7 Å². The maximum absolute atomic E-state index is 12.8. The minimum Gasteiger partial charge on any atom is -0.388 e. The Morgan fingerprint density at radius 3 is 2.76 bits per heavy atom. The first-order valence-corrected chi connectivity index (χ1v) is 7.12. The molecule has 1 aliphatic rings. The summed E-state index contributed by atoms with van der Waals surface area (Å²) < 4.78 is 12.8. The lowest BCUT2D eigenvalue weighted by Gasteiger charge is -2.32. The van der Waals surface area contributed by atoms with Gasteiger partial charge < -0.3 is 20.8 Å². The Balaban J connectivity index is 1.79. The molecule has 1 fully saturated rings. The maximum Gasteiger partial charge on any atom is 0.223 e. The predicted octanol–water partition coefficient (Wildman–Crippen LogP) is 0.480. The fourth-order valence-electron chi connectivity index (χ4n) is 2.48. The molecule has 1 amide bonds. The summed E-state index contributed by atoms with van der Waals surface area (Å²) in [5.41, 5.74) is -0.474. The van der Waals surface area contributed by atoms with Gasteiger partial charge >= 0.3 is 0 Å². The van der Waals surface area contributed by atoms with Gasteiger partial charge in [0.2, 0.25) is 5.91 Å². The minimum absolute atomic E-state index is 0.0101. The smallest absolute Gasteiger partial charge is 0.223 e. The second-order valence-electron chi connectivity index (χ2n) is 5.55. The number of aliphatic hydroxyl groups is 2. The summed E-state index contributed by atoms with van der Waals surface area (Å²) in [5, 5.41) is 25.8. The zero-order chi connectivity index (χ0) is 15.3. The number of hydrogen-bond acceptors (Lipinski definition) is 4. The van der Waals surface area contributed by atoms with Gasteiger partial charge in [0.15, 0.2) is 0 Å². The van der Waals surface area contributed by atoms with Gasteiger partial charge in [0.1, 0.15) is 5.82 Å². The van der Waals surface area contributed by atoms with E-state index in [2.05, 4.69) is 10.6 Å². The summed E-state index contributed by atoms with van der Waals surface area (Å²) in [6, 6.07) is 5.48. The molecular formula is C15H21FN2O3. The van der Waals surface area contributed by atoms with Crippen LogP contribution in [0.1, 0.15) is 30.9 Å². The van der Waals surface area contributed by atoms with Crippen LogP contribution in [0.4, 0.5) is 4.39 Å². The maximum atomic E-state index is 12.8. The first-order valence-electron chi connectivity index (χ1n) is 7.12. The number of carbonyl (C=O) groups excluding carboxylic acids is 1. The Morgan fingerprint density at radius 2 is 2.14 bits per heavy atom. The van der Waals surface area contributed by atoms with Gasteiger partial charge in [-0.15, -0.1) is 0 Å². The van der Waals surface area contributed by atoms with E-state index in [9.17, 15) is 19.4 Å². The van der Waals surface area contributed by atoms with E-state index in [1.54, 1.807) is 0 Å². The Kier molecular flexibility index (Phi) is 5.27. The molecule has 0 saturated carbocycles. The molecule has 4 N–H and O–H groups in total. The highest BCUT2D eigenvalue weighted by Gasteiger charge is 2.31. The fraction of sp³-hybridized carbons (Fsp3) is 0.533. The van der Waals surface area contributed by atoms with Crippen molar-refractivity contribution in [3.05, 3.63) is 35.6 Å². The molecule has 1 saturated heterocycles. The second kappa shape index (κ2) is 6.98. The van der Waals surface area contributed by atoms with Gasteiger partial charge in [0.25, 0.3) is 0 Å². The van der Waals surface area contributed by atoms with Gasteiger partial charge in [-0.1, -0.05) is 12.1 Å². The molecule has 0 aliphatic carbocycles. The summed E-state index contributed by atoms with van der Waals surface area (Å²) in [4.78, 5) is 11.8. The van der Waals surface area contributed by atoms with Crippen molar-refractivity contribution in [1.29, 1.82) is 0 Å². The van der Waals surface area contributed by atoms with Crippen LogP contribution in [-0.2, 0) is 4.79 Å². The molecule has 0 aromatic heterocycles. The lowest BCUT2D eigenvalue weighted by atomic mass is 9.90. The third-order valence-corrected chi connectivity index (χ3v) is 3.69. The number of piperidine rings is 1. The standard InChI is InChI=1S/C15H21FN2O3/c16-12-4-2-11(3-5-12)13(19)9-18-14(20)8-15(21)6-1-7-17-10-15/h2-5,13,17,19,21H,1,6-10H2,(H,18,20). The van der Waals surface area contributed by atoms with Crippen LogP contribution in [-0.4, -0.2) is 41.4 Å². The summed E-state index contributed by atoms with van der Waals surface area (Å²) in [6.45, 7) is 1.29. The van der Waals surface area contributed by atoms with E-state index in [0.29, 0.717) is 18.5 Å². The monoisotopic (exact) mass is 296 g/mol. The Morgan fingerprint density at radius 1 is 1.43 bits per heavy atom. The molecule has 6 heteroatoms. The van der Waals surface area contributed by atoms with Crippen molar-refractivity contribution in [2.75, 3.05) is 19.6 Å². The number of aliphatic hydroxyl groups excluding tert-OH is 1. The molecule has 1 aliphatic heterocycles. The van der Waals surface area contributed by atoms with Gasteiger partial charge in [-0.05, 0) is 37.1 Å². The Hall–Kier alpha value is -1.50. The molecule has 2 atom stereocenters. The predicted molar refractivity (Wildman–Crippen MR) is 76.0 cm³/mol. The summed E-state index contributed by atoms with van der Waals surface area (Å²) in [7, 11) is 0. The van der Waals surface area contributed by atoms with Crippen molar-refractivity contribution in [2.45, 2.75) is 31.0 Å². The number of benzene rings is 1. The van der Waals surface area contributed by atoms with Crippen LogP contribution < -0.4 is 10.6 Å². The lowest BCUT2D eigenvalue weighted by Crippen LogP contribution is -2.48. The third kappa shape index (κ3) is 4.77. The van der Waals surface area contributed by atoms with Gasteiger partial charge in [0.05, 0.1) is 18.1 Å². The molecule has 0 radical (unpaired) electrons. The number of halogens is 1. The molecule has 5 nitrogen and oxygen atoms in total. The summed E-state index contributed by atoms with van der Waals surface area (Å²) >= 11 is 0. The van der Waals surface area contributed by atoms with E-state index in [0.717, 1.165) is 13.0 Å². The Bertz CT molecular complexity index is 472. The molecule has 1 aromatic rings. The summed E-state index contributed by atoms with van der Waals surface area (Å²) in [5.74, 6) is -0.677. The molecule has 0 bridgehead atoms. The zero-order valence-electron chi connectivity index (χ0n) is 11.8. The fourth-order valence-corrected chi connectivity index (χ4v) is 2.48. The number of β-amino-alcohol motifs (C(OH)–C–C–N with tert-alkyl or cyclic N) is 1.